The maximum Gasteiger partial charge on any atom is 0.310 e. The van der Waals surface area contributed by atoms with E-state index in [4.69, 9.17) is 4.74 Å². The highest BCUT2D eigenvalue weighted by Gasteiger charge is 2.24. The minimum absolute atomic E-state index is 0.182. The van der Waals surface area contributed by atoms with Crippen LogP contribution in [-0.4, -0.2) is 44.1 Å². The van der Waals surface area contributed by atoms with E-state index in [1.54, 1.807) is 25.7 Å². The van der Waals surface area contributed by atoms with Gasteiger partial charge in [-0.3, -0.25) is 9.59 Å². The first-order valence-electron chi connectivity index (χ1n) is 9.41. The SMILES string of the molecule is COC(=O)C(C)CN(Cc1ccccc1)C(=O)c1ccc(S(=O)(=O)C(C)C)cc1. The van der Waals surface area contributed by atoms with E-state index in [1.807, 2.05) is 30.3 Å². The van der Waals surface area contributed by atoms with E-state index in [9.17, 15) is 18.0 Å². The molecule has 1 amide bonds. The van der Waals surface area contributed by atoms with Crippen molar-refractivity contribution >= 4 is 21.7 Å². The van der Waals surface area contributed by atoms with Crippen LogP contribution >= 0.6 is 0 Å². The van der Waals surface area contributed by atoms with Crippen molar-refractivity contribution in [2.75, 3.05) is 13.7 Å². The second kappa shape index (κ2) is 9.69. The third-order valence-electron chi connectivity index (χ3n) is 4.65. The molecule has 0 bridgehead atoms. The number of amides is 1. The molecule has 0 aromatic heterocycles. The van der Waals surface area contributed by atoms with Gasteiger partial charge in [0.25, 0.3) is 5.91 Å². The number of sulfone groups is 1. The summed E-state index contributed by atoms with van der Waals surface area (Å²) in [6.07, 6.45) is 0. The Labute approximate surface area is 172 Å². The summed E-state index contributed by atoms with van der Waals surface area (Å²) in [5.74, 6) is -1.17. The van der Waals surface area contributed by atoms with Crippen LogP contribution in [0.2, 0.25) is 0 Å². The number of carbonyl (C=O) groups excluding carboxylic acids is 2. The minimum Gasteiger partial charge on any atom is -0.469 e. The summed E-state index contributed by atoms with van der Waals surface area (Å²) in [7, 11) is -2.09. The number of ether oxygens (including phenoxy) is 1. The van der Waals surface area contributed by atoms with Crippen LogP contribution in [0.5, 0.6) is 0 Å². The lowest BCUT2D eigenvalue weighted by Gasteiger charge is -2.25. The fraction of sp³-hybridized carbons (Fsp3) is 0.364. The van der Waals surface area contributed by atoms with Crippen LogP contribution in [-0.2, 0) is 25.9 Å². The van der Waals surface area contributed by atoms with Crippen LogP contribution in [0.3, 0.4) is 0 Å². The van der Waals surface area contributed by atoms with Gasteiger partial charge in [0.2, 0.25) is 0 Å². The van der Waals surface area contributed by atoms with Crippen LogP contribution in [0.25, 0.3) is 0 Å². The smallest absolute Gasteiger partial charge is 0.310 e. The van der Waals surface area contributed by atoms with E-state index < -0.39 is 27.0 Å². The van der Waals surface area contributed by atoms with E-state index in [0.29, 0.717) is 12.1 Å². The van der Waals surface area contributed by atoms with Gasteiger partial charge in [-0.2, -0.15) is 0 Å². The second-order valence-corrected chi connectivity index (χ2v) is 9.72. The van der Waals surface area contributed by atoms with Gasteiger partial charge in [-0.15, -0.1) is 0 Å². The van der Waals surface area contributed by atoms with Gasteiger partial charge in [0.05, 0.1) is 23.2 Å². The number of hydrogen-bond acceptors (Lipinski definition) is 5. The van der Waals surface area contributed by atoms with Gasteiger partial charge in [0, 0.05) is 18.7 Å². The number of rotatable bonds is 8. The first-order valence-corrected chi connectivity index (χ1v) is 11.0. The maximum atomic E-state index is 13.1. The quantitative estimate of drug-likeness (QED) is 0.616. The van der Waals surface area contributed by atoms with Gasteiger partial charge in [0.1, 0.15) is 0 Å². The van der Waals surface area contributed by atoms with Gasteiger partial charge in [-0.05, 0) is 43.7 Å². The number of methoxy groups -OCH3 is 1. The Morgan fingerprint density at radius 1 is 0.966 bits per heavy atom. The lowest BCUT2D eigenvalue weighted by Crippen LogP contribution is -2.36. The largest absolute Gasteiger partial charge is 0.469 e. The molecule has 0 aliphatic carbocycles. The monoisotopic (exact) mass is 417 g/mol. The molecule has 0 fully saturated rings. The molecule has 1 unspecified atom stereocenters. The van der Waals surface area contributed by atoms with Crippen LogP contribution in [0.4, 0.5) is 0 Å². The molecule has 29 heavy (non-hydrogen) atoms. The topological polar surface area (TPSA) is 80.8 Å². The van der Waals surface area contributed by atoms with Crippen molar-refractivity contribution < 1.29 is 22.7 Å². The Hall–Kier alpha value is -2.67. The molecule has 1 atom stereocenters. The van der Waals surface area contributed by atoms with Crippen molar-refractivity contribution in [2.45, 2.75) is 37.5 Å². The van der Waals surface area contributed by atoms with Crippen molar-refractivity contribution in [2.24, 2.45) is 5.92 Å². The first-order chi connectivity index (χ1) is 13.7. The number of carbonyl (C=O) groups is 2. The summed E-state index contributed by atoms with van der Waals surface area (Å²) < 4.78 is 29.4. The zero-order valence-corrected chi connectivity index (χ0v) is 18.0. The average Bonchev–Trinajstić information content (AvgIpc) is 2.72. The van der Waals surface area contributed by atoms with Crippen molar-refractivity contribution in [1.82, 2.24) is 4.90 Å². The van der Waals surface area contributed by atoms with Crippen LogP contribution in [0.1, 0.15) is 36.7 Å². The fourth-order valence-corrected chi connectivity index (χ4v) is 3.93. The molecule has 0 saturated heterocycles. The standard InChI is InChI=1S/C22H27NO5S/c1-16(2)29(26,27)20-12-10-19(11-13-20)21(24)23(14-17(3)22(25)28-4)15-18-8-6-5-7-9-18/h5-13,16-17H,14-15H2,1-4H3. The van der Waals surface area contributed by atoms with Crippen LogP contribution < -0.4 is 0 Å². The normalized spacial score (nSPS) is 12.4. The minimum atomic E-state index is -3.41. The highest BCUT2D eigenvalue weighted by molar-refractivity contribution is 7.92. The summed E-state index contributed by atoms with van der Waals surface area (Å²) in [6.45, 7) is 5.45. The molecule has 0 N–H and O–H groups in total. The number of esters is 1. The second-order valence-electron chi connectivity index (χ2n) is 7.21. The van der Waals surface area contributed by atoms with E-state index in [-0.39, 0.29) is 17.3 Å². The number of nitrogens with zero attached hydrogens (tertiary/aromatic N) is 1. The molecular formula is C22H27NO5S. The summed E-state index contributed by atoms with van der Waals surface area (Å²) >= 11 is 0. The van der Waals surface area contributed by atoms with Crippen molar-refractivity contribution in [3.8, 4) is 0 Å². The Morgan fingerprint density at radius 2 is 1.55 bits per heavy atom. The lowest BCUT2D eigenvalue weighted by atomic mass is 10.1. The van der Waals surface area contributed by atoms with Crippen LogP contribution in [0.15, 0.2) is 59.5 Å². The predicted octanol–water partition coefficient (Wildman–Crippen LogP) is 3.32. The van der Waals surface area contributed by atoms with Gasteiger partial charge < -0.3 is 9.64 Å². The Kier molecular flexibility index (Phi) is 7.56. The molecule has 7 heteroatoms. The molecule has 0 saturated carbocycles. The average molecular weight is 418 g/mol. The number of benzene rings is 2. The third-order valence-corrected chi connectivity index (χ3v) is 6.82. The summed E-state index contributed by atoms with van der Waals surface area (Å²) in [5.41, 5.74) is 1.29. The maximum absolute atomic E-state index is 13.1. The Bertz CT molecular complexity index is 937. The van der Waals surface area contributed by atoms with E-state index in [1.165, 1.54) is 31.4 Å². The van der Waals surface area contributed by atoms with Gasteiger partial charge in [-0.1, -0.05) is 37.3 Å². The number of hydrogen-bond donors (Lipinski definition) is 0. The van der Waals surface area contributed by atoms with E-state index in [0.717, 1.165) is 5.56 Å². The summed E-state index contributed by atoms with van der Waals surface area (Å²) in [5, 5.41) is -0.542. The first kappa shape index (κ1) is 22.6. The lowest BCUT2D eigenvalue weighted by molar-refractivity contribution is -0.145. The zero-order chi connectivity index (χ0) is 21.6. The molecule has 6 nitrogen and oxygen atoms in total. The highest BCUT2D eigenvalue weighted by atomic mass is 32.2. The predicted molar refractivity (Wildman–Crippen MR) is 111 cm³/mol. The molecule has 0 aliphatic rings. The summed E-state index contributed by atoms with van der Waals surface area (Å²) in [6, 6.07) is 15.4. The Balaban J connectivity index is 2.29. The summed E-state index contributed by atoms with van der Waals surface area (Å²) in [4.78, 5) is 26.7. The molecule has 0 aliphatic heterocycles. The molecule has 2 aromatic rings. The third kappa shape index (κ3) is 5.67. The molecule has 156 valence electrons. The molecule has 2 rings (SSSR count). The van der Waals surface area contributed by atoms with Gasteiger partial charge in [-0.25, -0.2) is 8.42 Å². The van der Waals surface area contributed by atoms with Gasteiger partial charge >= 0.3 is 5.97 Å². The Morgan fingerprint density at radius 3 is 2.07 bits per heavy atom. The van der Waals surface area contributed by atoms with Crippen molar-refractivity contribution in [3.63, 3.8) is 0 Å². The molecule has 0 heterocycles. The van der Waals surface area contributed by atoms with Gasteiger partial charge in [0.15, 0.2) is 9.84 Å². The molecule has 0 radical (unpaired) electrons. The zero-order valence-electron chi connectivity index (χ0n) is 17.2. The van der Waals surface area contributed by atoms with Crippen molar-refractivity contribution in [1.29, 1.82) is 0 Å². The van der Waals surface area contributed by atoms with E-state index >= 15 is 0 Å². The fourth-order valence-electron chi connectivity index (χ4n) is 2.87. The van der Waals surface area contributed by atoms with E-state index in [2.05, 4.69) is 0 Å². The van der Waals surface area contributed by atoms with Crippen LogP contribution in [0, 0.1) is 5.92 Å². The molecular weight excluding hydrogens is 390 g/mol. The highest BCUT2D eigenvalue weighted by Crippen LogP contribution is 2.19. The molecule has 2 aromatic carbocycles. The van der Waals surface area contributed by atoms with Crippen molar-refractivity contribution in [3.05, 3.63) is 65.7 Å². The molecule has 0 spiro atoms.